The van der Waals surface area contributed by atoms with Crippen molar-refractivity contribution in [1.82, 2.24) is 19.8 Å². The summed E-state index contributed by atoms with van der Waals surface area (Å²) in [5.41, 5.74) is 1.22. The molecule has 196 valence electrons. The van der Waals surface area contributed by atoms with Gasteiger partial charge in [0.25, 0.3) is 0 Å². The van der Waals surface area contributed by atoms with E-state index in [1.807, 2.05) is 0 Å². The van der Waals surface area contributed by atoms with E-state index in [2.05, 4.69) is 46.3 Å². The molecular weight excluding hydrogens is 479 g/mol. The third-order valence-corrected chi connectivity index (χ3v) is 7.19. The monoisotopic (exact) mass is 511 g/mol. The van der Waals surface area contributed by atoms with Crippen LogP contribution in [0.1, 0.15) is 68.3 Å². The second kappa shape index (κ2) is 10.9. The molecular formula is C28H32F3N5O. The minimum atomic E-state index is -4.37. The summed E-state index contributed by atoms with van der Waals surface area (Å²) in [5, 5.41) is 13.3. The molecule has 0 spiro atoms. The maximum atomic E-state index is 12.9. The second-order valence-corrected chi connectivity index (χ2v) is 9.73. The van der Waals surface area contributed by atoms with Gasteiger partial charge in [0.15, 0.2) is 11.6 Å². The molecule has 1 fully saturated rings. The quantitative estimate of drug-likeness (QED) is 0.339. The number of hydrogen-bond donors (Lipinski definition) is 0. The van der Waals surface area contributed by atoms with Crippen LogP contribution in [-0.4, -0.2) is 45.3 Å². The lowest BCUT2D eigenvalue weighted by Gasteiger charge is -2.35. The van der Waals surface area contributed by atoms with Crippen LogP contribution in [0, 0.1) is 0 Å². The summed E-state index contributed by atoms with van der Waals surface area (Å²) >= 11 is 0. The van der Waals surface area contributed by atoms with E-state index in [4.69, 9.17) is 9.84 Å². The average molecular weight is 512 g/mol. The summed E-state index contributed by atoms with van der Waals surface area (Å²) in [6.45, 7) is 4.77. The van der Waals surface area contributed by atoms with E-state index in [0.29, 0.717) is 23.7 Å². The molecule has 0 unspecified atom stereocenters. The van der Waals surface area contributed by atoms with Crippen LogP contribution in [0.15, 0.2) is 53.6 Å². The minimum absolute atomic E-state index is 0.466. The number of alkyl halides is 3. The Morgan fingerprint density at radius 3 is 2.32 bits per heavy atom. The molecule has 2 aromatic carbocycles. The zero-order valence-corrected chi connectivity index (χ0v) is 21.0. The summed E-state index contributed by atoms with van der Waals surface area (Å²) in [6.07, 6.45) is 2.65. The Hall–Kier alpha value is -3.36. The molecule has 9 heteroatoms. The first-order chi connectivity index (χ1) is 17.9. The number of amidine groups is 1. The predicted octanol–water partition coefficient (Wildman–Crippen LogP) is 6.52. The Bertz CT molecular complexity index is 1210. The number of piperidine rings is 1. The molecule has 0 N–H and O–H groups in total. The molecule has 5 rings (SSSR count). The van der Waals surface area contributed by atoms with Crippen molar-refractivity contribution in [1.29, 1.82) is 0 Å². The molecule has 37 heavy (non-hydrogen) atoms. The van der Waals surface area contributed by atoms with Crippen LogP contribution in [0.25, 0.3) is 11.4 Å². The first-order valence-electron chi connectivity index (χ1n) is 13.1. The Balaban J connectivity index is 1.22. The molecule has 0 aliphatic carbocycles. The Kier molecular flexibility index (Phi) is 7.48. The third kappa shape index (κ3) is 5.81. The maximum absolute atomic E-state index is 12.9. The number of rotatable bonds is 7. The summed E-state index contributed by atoms with van der Waals surface area (Å²) in [7, 11) is 0. The average Bonchev–Trinajstić information content (AvgIpc) is 3.35. The SMILES string of the molecule is CCCCCOc1ccc(C2CCN(C3=Nn4c(nnc4-c4ccc(C(F)(F)F)cc4)CC3)CC2)cc1. The van der Waals surface area contributed by atoms with Crippen molar-refractivity contribution in [2.45, 2.75) is 64.0 Å². The predicted molar refractivity (Wildman–Crippen MR) is 137 cm³/mol. The molecule has 0 radical (unpaired) electrons. The number of halogens is 3. The Morgan fingerprint density at radius 2 is 1.65 bits per heavy atom. The number of unbranched alkanes of at least 4 members (excludes halogenated alkanes) is 2. The van der Waals surface area contributed by atoms with Crippen LogP contribution >= 0.6 is 0 Å². The lowest BCUT2D eigenvalue weighted by molar-refractivity contribution is -0.137. The summed E-state index contributed by atoms with van der Waals surface area (Å²) < 4.78 is 46.4. The third-order valence-electron chi connectivity index (χ3n) is 7.19. The second-order valence-electron chi connectivity index (χ2n) is 9.73. The lowest BCUT2D eigenvalue weighted by Crippen LogP contribution is -2.39. The van der Waals surface area contributed by atoms with Crippen molar-refractivity contribution in [3.8, 4) is 17.1 Å². The highest BCUT2D eigenvalue weighted by molar-refractivity contribution is 5.83. The highest BCUT2D eigenvalue weighted by atomic mass is 19.4. The van der Waals surface area contributed by atoms with E-state index in [1.165, 1.54) is 30.5 Å². The van der Waals surface area contributed by atoms with Gasteiger partial charge < -0.3 is 9.64 Å². The number of aromatic nitrogens is 3. The Labute approximate surface area is 215 Å². The molecule has 1 aromatic heterocycles. The zero-order chi connectivity index (χ0) is 25.8. The van der Waals surface area contributed by atoms with Gasteiger partial charge in [-0.3, -0.25) is 0 Å². The van der Waals surface area contributed by atoms with Crippen LogP contribution in [0.4, 0.5) is 13.2 Å². The van der Waals surface area contributed by atoms with E-state index >= 15 is 0 Å². The van der Waals surface area contributed by atoms with Crippen LogP contribution in [0.5, 0.6) is 5.75 Å². The smallest absolute Gasteiger partial charge is 0.416 e. The van der Waals surface area contributed by atoms with Gasteiger partial charge in [-0.25, -0.2) is 0 Å². The number of hydrogen-bond acceptors (Lipinski definition) is 5. The summed E-state index contributed by atoms with van der Waals surface area (Å²) in [4.78, 5) is 2.32. The van der Waals surface area contributed by atoms with Gasteiger partial charge in [-0.15, -0.1) is 10.2 Å². The van der Waals surface area contributed by atoms with Gasteiger partial charge in [0.05, 0.1) is 12.2 Å². The number of benzene rings is 2. The summed E-state index contributed by atoms with van der Waals surface area (Å²) in [6, 6.07) is 13.5. The van der Waals surface area contributed by atoms with Crippen molar-refractivity contribution < 1.29 is 17.9 Å². The summed E-state index contributed by atoms with van der Waals surface area (Å²) in [5.74, 6) is 3.61. The number of likely N-dealkylation sites (tertiary alicyclic amines) is 1. The van der Waals surface area contributed by atoms with Crippen LogP contribution in [0.2, 0.25) is 0 Å². The van der Waals surface area contributed by atoms with E-state index in [9.17, 15) is 13.2 Å². The van der Waals surface area contributed by atoms with Crippen molar-refractivity contribution in [3.63, 3.8) is 0 Å². The van der Waals surface area contributed by atoms with Gasteiger partial charge in [-0.05, 0) is 55.0 Å². The highest BCUT2D eigenvalue weighted by Gasteiger charge is 2.31. The fourth-order valence-electron chi connectivity index (χ4n) is 5.02. The molecule has 2 aliphatic rings. The molecule has 0 saturated carbocycles. The largest absolute Gasteiger partial charge is 0.494 e. The molecule has 1 saturated heterocycles. The molecule has 0 bridgehead atoms. The maximum Gasteiger partial charge on any atom is 0.416 e. The molecule has 2 aliphatic heterocycles. The number of fused-ring (bicyclic) bond motifs is 1. The molecule has 0 amide bonds. The number of nitrogens with zero attached hydrogens (tertiary/aromatic N) is 5. The first-order valence-corrected chi connectivity index (χ1v) is 13.1. The molecule has 0 atom stereocenters. The van der Waals surface area contributed by atoms with Crippen molar-refractivity contribution in [2.75, 3.05) is 19.7 Å². The van der Waals surface area contributed by atoms with E-state index in [1.54, 1.807) is 4.68 Å². The van der Waals surface area contributed by atoms with Gasteiger partial charge in [-0.2, -0.15) is 22.9 Å². The van der Waals surface area contributed by atoms with Gasteiger partial charge in [0.1, 0.15) is 11.6 Å². The molecule has 6 nitrogen and oxygen atoms in total. The normalized spacial score (nSPS) is 16.4. The molecule has 3 aromatic rings. The van der Waals surface area contributed by atoms with E-state index in [-0.39, 0.29) is 0 Å². The van der Waals surface area contributed by atoms with Gasteiger partial charge in [0, 0.05) is 31.5 Å². The Morgan fingerprint density at radius 1 is 0.919 bits per heavy atom. The zero-order valence-electron chi connectivity index (χ0n) is 21.0. The van der Waals surface area contributed by atoms with Crippen LogP contribution in [0.3, 0.4) is 0 Å². The fraction of sp³-hybridized carbons (Fsp3) is 0.464. The first kappa shape index (κ1) is 25.3. The van der Waals surface area contributed by atoms with E-state index < -0.39 is 11.7 Å². The minimum Gasteiger partial charge on any atom is -0.494 e. The van der Waals surface area contributed by atoms with Crippen molar-refractivity contribution in [2.24, 2.45) is 5.10 Å². The van der Waals surface area contributed by atoms with E-state index in [0.717, 1.165) is 74.9 Å². The van der Waals surface area contributed by atoms with Gasteiger partial charge >= 0.3 is 6.18 Å². The van der Waals surface area contributed by atoms with Crippen LogP contribution in [-0.2, 0) is 12.6 Å². The van der Waals surface area contributed by atoms with Crippen LogP contribution < -0.4 is 4.74 Å². The number of aryl methyl sites for hydroxylation is 1. The standard InChI is InChI=1S/C28H32F3N5O/c1-2-3-4-19-37-24-11-7-20(8-12-24)21-15-17-35(18-16-21)26-14-13-25-32-33-27(36(25)34-26)22-5-9-23(10-6-22)28(29,30)31/h5-12,21H,2-4,13-19H2,1H3. The molecule has 3 heterocycles. The van der Waals surface area contributed by atoms with Crippen molar-refractivity contribution in [3.05, 3.63) is 65.5 Å². The number of ether oxygens (including phenoxy) is 1. The van der Waals surface area contributed by atoms with Gasteiger partial charge in [0.2, 0.25) is 0 Å². The lowest BCUT2D eigenvalue weighted by atomic mass is 9.89. The van der Waals surface area contributed by atoms with Crippen molar-refractivity contribution >= 4 is 5.84 Å². The topological polar surface area (TPSA) is 55.5 Å². The van der Waals surface area contributed by atoms with Gasteiger partial charge in [-0.1, -0.05) is 44.0 Å². The highest BCUT2D eigenvalue weighted by Crippen LogP contribution is 2.32. The fourth-order valence-corrected chi connectivity index (χ4v) is 5.02.